The van der Waals surface area contributed by atoms with Crippen molar-refractivity contribution in [2.45, 2.75) is 10.6 Å². The van der Waals surface area contributed by atoms with Crippen molar-refractivity contribution in [1.82, 2.24) is 0 Å². The van der Waals surface area contributed by atoms with Gasteiger partial charge in [-0.05, 0) is 39.7 Å². The standard InChI is InChI=1S/C13H10BrFN2O2S/c14-13-8(2-1-3-11(13)17(18)19)7-20-12-6-9(15)4-5-10(12)16/h1-6H,7,16H2. The van der Waals surface area contributed by atoms with Crippen LogP contribution in [0.5, 0.6) is 0 Å². The van der Waals surface area contributed by atoms with Crippen LogP contribution in [0.25, 0.3) is 0 Å². The minimum atomic E-state index is -0.450. The third-order valence-electron chi connectivity index (χ3n) is 2.61. The minimum Gasteiger partial charge on any atom is -0.398 e. The summed E-state index contributed by atoms with van der Waals surface area (Å²) in [7, 11) is 0. The SMILES string of the molecule is Nc1ccc(F)cc1SCc1cccc([N+](=O)[O-])c1Br. The van der Waals surface area contributed by atoms with Gasteiger partial charge in [-0.2, -0.15) is 0 Å². The maximum atomic E-state index is 13.2. The lowest BCUT2D eigenvalue weighted by Gasteiger charge is -2.07. The molecule has 0 bridgehead atoms. The highest BCUT2D eigenvalue weighted by molar-refractivity contribution is 9.10. The Kier molecular flexibility index (Phi) is 4.61. The first kappa shape index (κ1) is 14.8. The summed E-state index contributed by atoms with van der Waals surface area (Å²) in [5, 5.41) is 10.8. The van der Waals surface area contributed by atoms with E-state index in [9.17, 15) is 14.5 Å². The van der Waals surface area contributed by atoms with Gasteiger partial charge in [0.25, 0.3) is 5.69 Å². The molecule has 0 amide bonds. The monoisotopic (exact) mass is 356 g/mol. The second-order valence-electron chi connectivity index (χ2n) is 3.98. The van der Waals surface area contributed by atoms with Crippen LogP contribution in [0, 0.1) is 15.9 Å². The molecule has 104 valence electrons. The first-order valence-corrected chi connectivity index (χ1v) is 7.36. The first-order valence-electron chi connectivity index (χ1n) is 5.58. The van der Waals surface area contributed by atoms with Gasteiger partial charge < -0.3 is 5.73 Å². The molecule has 20 heavy (non-hydrogen) atoms. The number of nitro benzene ring substituents is 1. The first-order chi connectivity index (χ1) is 9.49. The molecule has 7 heteroatoms. The molecule has 4 nitrogen and oxygen atoms in total. The summed E-state index contributed by atoms with van der Waals surface area (Å²) in [5.41, 5.74) is 7.01. The minimum absolute atomic E-state index is 0.00955. The second kappa shape index (κ2) is 6.23. The van der Waals surface area contributed by atoms with Gasteiger partial charge in [0.2, 0.25) is 0 Å². The smallest absolute Gasteiger partial charge is 0.283 e. The van der Waals surface area contributed by atoms with Gasteiger partial charge in [-0.15, -0.1) is 11.8 Å². The Morgan fingerprint density at radius 3 is 2.80 bits per heavy atom. The molecule has 0 heterocycles. The summed E-state index contributed by atoms with van der Waals surface area (Å²) in [4.78, 5) is 11.0. The number of nitrogens with zero attached hydrogens (tertiary/aromatic N) is 1. The van der Waals surface area contributed by atoms with E-state index < -0.39 is 4.92 Å². The van der Waals surface area contributed by atoms with Crippen molar-refractivity contribution in [3.8, 4) is 0 Å². The van der Waals surface area contributed by atoms with E-state index in [1.807, 2.05) is 0 Å². The highest BCUT2D eigenvalue weighted by atomic mass is 79.9. The molecule has 0 aromatic heterocycles. The van der Waals surface area contributed by atoms with Crippen molar-refractivity contribution in [3.63, 3.8) is 0 Å². The van der Waals surface area contributed by atoms with Crippen molar-refractivity contribution < 1.29 is 9.31 Å². The Morgan fingerprint density at radius 2 is 2.10 bits per heavy atom. The summed E-state index contributed by atoms with van der Waals surface area (Å²) in [6.45, 7) is 0. The van der Waals surface area contributed by atoms with Gasteiger partial charge in [-0.3, -0.25) is 10.1 Å². The zero-order chi connectivity index (χ0) is 14.7. The van der Waals surface area contributed by atoms with E-state index in [1.54, 1.807) is 12.1 Å². The number of hydrogen-bond acceptors (Lipinski definition) is 4. The molecule has 0 fully saturated rings. The maximum absolute atomic E-state index is 13.2. The predicted molar refractivity (Wildman–Crippen MR) is 81.2 cm³/mol. The van der Waals surface area contributed by atoms with Crippen molar-refractivity contribution >= 4 is 39.1 Å². The normalized spacial score (nSPS) is 10.5. The Labute approximate surface area is 127 Å². The van der Waals surface area contributed by atoms with E-state index in [2.05, 4.69) is 15.9 Å². The Morgan fingerprint density at radius 1 is 1.35 bits per heavy atom. The summed E-state index contributed by atoms with van der Waals surface area (Å²) in [5.74, 6) is 0.0930. The van der Waals surface area contributed by atoms with Crippen LogP contribution in [0.2, 0.25) is 0 Å². The highest BCUT2D eigenvalue weighted by Gasteiger charge is 2.15. The molecule has 2 N–H and O–H groups in total. The van der Waals surface area contributed by atoms with Gasteiger partial charge in [0, 0.05) is 22.4 Å². The van der Waals surface area contributed by atoms with Crippen LogP contribution in [0.4, 0.5) is 15.8 Å². The largest absolute Gasteiger partial charge is 0.398 e. The molecule has 0 aliphatic rings. The number of rotatable bonds is 4. The predicted octanol–water partition coefficient (Wildman–Crippen LogP) is 4.37. The molecule has 0 aliphatic carbocycles. The van der Waals surface area contributed by atoms with Crippen molar-refractivity contribution in [2.24, 2.45) is 0 Å². The number of thioether (sulfide) groups is 1. The highest BCUT2D eigenvalue weighted by Crippen LogP contribution is 2.34. The molecule has 0 unspecified atom stereocenters. The lowest BCUT2D eigenvalue weighted by atomic mass is 10.2. The lowest BCUT2D eigenvalue weighted by molar-refractivity contribution is -0.385. The van der Waals surface area contributed by atoms with Gasteiger partial charge in [0.05, 0.1) is 9.40 Å². The van der Waals surface area contributed by atoms with Gasteiger partial charge in [0.15, 0.2) is 0 Å². The average molecular weight is 357 g/mol. The molecule has 0 atom stereocenters. The van der Waals surface area contributed by atoms with Gasteiger partial charge >= 0.3 is 0 Å². The third-order valence-corrected chi connectivity index (χ3v) is 4.65. The van der Waals surface area contributed by atoms with Gasteiger partial charge in [0.1, 0.15) is 5.82 Å². The number of hydrogen-bond donors (Lipinski definition) is 1. The number of anilines is 1. The summed E-state index contributed by atoms with van der Waals surface area (Å²) < 4.78 is 13.6. The van der Waals surface area contributed by atoms with E-state index >= 15 is 0 Å². The van der Waals surface area contributed by atoms with Crippen LogP contribution in [0.15, 0.2) is 45.8 Å². The fraction of sp³-hybridized carbons (Fsp3) is 0.0769. The quantitative estimate of drug-likeness (QED) is 0.382. The zero-order valence-corrected chi connectivity index (χ0v) is 12.6. The van der Waals surface area contributed by atoms with Crippen molar-refractivity contribution in [1.29, 1.82) is 0 Å². The van der Waals surface area contributed by atoms with Crippen molar-refractivity contribution in [2.75, 3.05) is 5.73 Å². The molecule has 2 aromatic carbocycles. The number of nitrogen functional groups attached to an aromatic ring is 1. The zero-order valence-electron chi connectivity index (χ0n) is 10.2. The van der Waals surface area contributed by atoms with Gasteiger partial charge in [-0.1, -0.05) is 12.1 Å². The summed E-state index contributed by atoms with van der Waals surface area (Å²) in [6.07, 6.45) is 0. The molecule has 0 spiro atoms. The third kappa shape index (κ3) is 3.29. The van der Waals surface area contributed by atoms with Crippen LogP contribution < -0.4 is 5.73 Å². The summed E-state index contributed by atoms with van der Waals surface area (Å²) >= 11 is 4.56. The lowest BCUT2D eigenvalue weighted by Crippen LogP contribution is -1.94. The fourth-order valence-electron chi connectivity index (χ4n) is 1.61. The fourth-order valence-corrected chi connectivity index (χ4v) is 3.32. The van der Waals surface area contributed by atoms with Crippen LogP contribution in [0.1, 0.15) is 5.56 Å². The molecule has 0 saturated heterocycles. The Balaban J connectivity index is 2.21. The van der Waals surface area contributed by atoms with Gasteiger partial charge in [-0.25, -0.2) is 4.39 Å². The van der Waals surface area contributed by atoms with E-state index in [4.69, 9.17) is 5.73 Å². The van der Waals surface area contributed by atoms with Crippen LogP contribution in [0.3, 0.4) is 0 Å². The Bertz CT molecular complexity index is 667. The second-order valence-corrected chi connectivity index (χ2v) is 5.79. The van der Waals surface area contributed by atoms with Crippen LogP contribution in [-0.2, 0) is 5.75 Å². The topological polar surface area (TPSA) is 69.2 Å². The van der Waals surface area contributed by atoms with Crippen molar-refractivity contribution in [3.05, 3.63) is 62.4 Å². The maximum Gasteiger partial charge on any atom is 0.283 e. The van der Waals surface area contributed by atoms with E-state index in [-0.39, 0.29) is 11.5 Å². The number of halogens is 2. The van der Waals surface area contributed by atoms with E-state index in [1.165, 1.54) is 36.0 Å². The molecular formula is C13H10BrFN2O2S. The van der Waals surface area contributed by atoms with Crippen LogP contribution in [-0.4, -0.2) is 4.92 Å². The van der Waals surface area contributed by atoms with E-state index in [0.717, 1.165) is 5.56 Å². The number of benzene rings is 2. The molecule has 2 aromatic rings. The molecular weight excluding hydrogens is 347 g/mol. The molecule has 2 rings (SSSR count). The van der Waals surface area contributed by atoms with Crippen LogP contribution >= 0.6 is 27.7 Å². The molecule has 0 aliphatic heterocycles. The average Bonchev–Trinajstić information content (AvgIpc) is 2.41. The van der Waals surface area contributed by atoms with E-state index in [0.29, 0.717) is 20.8 Å². The Hall–Kier alpha value is -1.60. The number of nitrogens with two attached hydrogens (primary N) is 1. The molecule has 0 radical (unpaired) electrons. The number of nitro groups is 1. The summed E-state index contributed by atoms with van der Waals surface area (Å²) in [6, 6.07) is 8.97. The molecule has 0 saturated carbocycles.